The minimum absolute atomic E-state index is 0.127. The number of benzene rings is 1. The summed E-state index contributed by atoms with van der Waals surface area (Å²) in [6.07, 6.45) is 1.02. The van der Waals surface area contributed by atoms with E-state index in [0.717, 1.165) is 25.2 Å². The highest BCUT2D eigenvalue weighted by Crippen LogP contribution is 2.23. The summed E-state index contributed by atoms with van der Waals surface area (Å²) in [5.74, 6) is 0.0611. The second-order valence-corrected chi connectivity index (χ2v) is 6.01. The van der Waals surface area contributed by atoms with Crippen molar-refractivity contribution in [3.05, 3.63) is 30.1 Å². The van der Waals surface area contributed by atoms with Gasteiger partial charge in [-0.25, -0.2) is 4.39 Å². The van der Waals surface area contributed by atoms with Crippen LogP contribution in [-0.2, 0) is 4.79 Å². The van der Waals surface area contributed by atoms with E-state index in [0.29, 0.717) is 12.5 Å². The summed E-state index contributed by atoms with van der Waals surface area (Å²) in [7, 11) is 0. The number of anilines is 1. The van der Waals surface area contributed by atoms with E-state index >= 15 is 0 Å². The molecule has 0 saturated carbocycles. The molecule has 0 radical (unpaired) electrons. The van der Waals surface area contributed by atoms with Gasteiger partial charge in [-0.15, -0.1) is 0 Å². The van der Waals surface area contributed by atoms with Crippen LogP contribution < -0.4 is 16.0 Å². The molecular weight excluding hydrogens is 257 g/mol. The molecule has 20 heavy (non-hydrogen) atoms. The number of rotatable bonds is 4. The summed E-state index contributed by atoms with van der Waals surface area (Å²) in [6, 6.07) is 6.53. The summed E-state index contributed by atoms with van der Waals surface area (Å²) in [5.41, 5.74) is 5.93. The maximum Gasteiger partial charge on any atom is 0.239 e. The molecule has 3 N–H and O–H groups in total. The van der Waals surface area contributed by atoms with Gasteiger partial charge in [0.25, 0.3) is 0 Å². The first-order valence-corrected chi connectivity index (χ1v) is 6.94. The molecule has 0 aromatic heterocycles. The van der Waals surface area contributed by atoms with Gasteiger partial charge >= 0.3 is 0 Å². The molecule has 0 spiro atoms. The Morgan fingerprint density at radius 1 is 1.45 bits per heavy atom. The lowest BCUT2D eigenvalue weighted by molar-refractivity contribution is -0.125. The van der Waals surface area contributed by atoms with Gasteiger partial charge in [0, 0.05) is 25.3 Å². The maximum atomic E-state index is 12.9. The van der Waals surface area contributed by atoms with Crippen LogP contribution in [0.2, 0.25) is 0 Å². The Morgan fingerprint density at radius 3 is 2.70 bits per heavy atom. The topological polar surface area (TPSA) is 58.4 Å². The molecule has 1 unspecified atom stereocenters. The standard InChI is InChI=1S/C15H22FN3O/c1-15(2,17)14(20)18-9-11-7-8-19(10-11)13-5-3-12(16)4-6-13/h3-6,11H,7-10,17H2,1-2H3,(H,18,20). The van der Waals surface area contributed by atoms with Crippen molar-refractivity contribution in [1.82, 2.24) is 5.32 Å². The molecule has 2 rings (SSSR count). The zero-order valence-corrected chi connectivity index (χ0v) is 12.0. The van der Waals surface area contributed by atoms with Gasteiger partial charge in [-0.1, -0.05) is 0 Å². The number of carbonyl (C=O) groups is 1. The van der Waals surface area contributed by atoms with Gasteiger partial charge in [-0.3, -0.25) is 4.79 Å². The minimum atomic E-state index is -0.838. The van der Waals surface area contributed by atoms with Crippen LogP contribution in [0.1, 0.15) is 20.3 Å². The zero-order valence-electron chi connectivity index (χ0n) is 12.0. The van der Waals surface area contributed by atoms with Gasteiger partial charge in [0.15, 0.2) is 0 Å². The van der Waals surface area contributed by atoms with Crippen molar-refractivity contribution in [2.45, 2.75) is 25.8 Å². The molecule has 0 bridgehead atoms. The van der Waals surface area contributed by atoms with E-state index < -0.39 is 5.54 Å². The molecule has 1 saturated heterocycles. The Bertz CT molecular complexity index is 467. The average Bonchev–Trinajstić information content (AvgIpc) is 2.84. The van der Waals surface area contributed by atoms with Crippen molar-refractivity contribution < 1.29 is 9.18 Å². The molecule has 1 amide bonds. The second kappa shape index (κ2) is 5.79. The maximum absolute atomic E-state index is 12.9. The van der Waals surface area contributed by atoms with Crippen molar-refractivity contribution >= 4 is 11.6 Å². The molecular formula is C15H22FN3O. The Morgan fingerprint density at radius 2 is 2.10 bits per heavy atom. The number of nitrogens with zero attached hydrogens (tertiary/aromatic N) is 1. The van der Waals surface area contributed by atoms with Crippen LogP contribution in [0, 0.1) is 11.7 Å². The third-order valence-electron chi connectivity index (χ3n) is 3.61. The van der Waals surface area contributed by atoms with E-state index in [9.17, 15) is 9.18 Å². The summed E-state index contributed by atoms with van der Waals surface area (Å²) in [5, 5.41) is 2.90. The van der Waals surface area contributed by atoms with E-state index in [1.807, 2.05) is 0 Å². The molecule has 5 heteroatoms. The second-order valence-electron chi connectivity index (χ2n) is 6.01. The monoisotopic (exact) mass is 279 g/mol. The summed E-state index contributed by atoms with van der Waals surface area (Å²) in [6.45, 7) is 5.83. The fourth-order valence-corrected chi connectivity index (χ4v) is 2.35. The molecule has 1 aliphatic heterocycles. The van der Waals surface area contributed by atoms with Gasteiger partial charge in [-0.2, -0.15) is 0 Å². The number of nitrogens with one attached hydrogen (secondary N) is 1. The van der Waals surface area contributed by atoms with E-state index in [1.54, 1.807) is 26.0 Å². The molecule has 1 fully saturated rings. The predicted octanol–water partition coefficient (Wildman–Crippen LogP) is 1.51. The first-order chi connectivity index (χ1) is 9.36. The number of hydrogen-bond donors (Lipinski definition) is 2. The Labute approximate surface area is 119 Å². The zero-order chi connectivity index (χ0) is 14.8. The highest BCUT2D eigenvalue weighted by molar-refractivity contribution is 5.85. The number of nitrogens with two attached hydrogens (primary N) is 1. The summed E-state index contributed by atoms with van der Waals surface area (Å²) < 4.78 is 12.9. The Balaban J connectivity index is 1.84. The van der Waals surface area contributed by atoms with Crippen LogP contribution in [0.15, 0.2) is 24.3 Å². The Hall–Kier alpha value is -1.62. The quantitative estimate of drug-likeness (QED) is 0.878. The van der Waals surface area contributed by atoms with Crippen LogP contribution in [0.3, 0.4) is 0 Å². The Kier molecular flexibility index (Phi) is 4.28. The largest absolute Gasteiger partial charge is 0.371 e. The number of hydrogen-bond acceptors (Lipinski definition) is 3. The van der Waals surface area contributed by atoms with Crippen molar-refractivity contribution in [3.63, 3.8) is 0 Å². The highest BCUT2D eigenvalue weighted by Gasteiger charge is 2.26. The molecule has 110 valence electrons. The van der Waals surface area contributed by atoms with Crippen LogP contribution in [0.5, 0.6) is 0 Å². The van der Waals surface area contributed by atoms with Gasteiger partial charge in [0.05, 0.1) is 5.54 Å². The van der Waals surface area contributed by atoms with Crippen LogP contribution in [-0.4, -0.2) is 31.1 Å². The number of carbonyl (C=O) groups excluding carboxylic acids is 1. The average molecular weight is 279 g/mol. The molecule has 1 heterocycles. The summed E-state index contributed by atoms with van der Waals surface area (Å²) in [4.78, 5) is 13.9. The van der Waals surface area contributed by atoms with E-state index in [4.69, 9.17) is 5.73 Å². The van der Waals surface area contributed by atoms with E-state index in [-0.39, 0.29) is 11.7 Å². The number of halogens is 1. The fraction of sp³-hybridized carbons (Fsp3) is 0.533. The van der Waals surface area contributed by atoms with Crippen LogP contribution in [0.4, 0.5) is 10.1 Å². The molecule has 1 aromatic carbocycles. The van der Waals surface area contributed by atoms with Crippen LogP contribution in [0.25, 0.3) is 0 Å². The lowest BCUT2D eigenvalue weighted by Crippen LogP contribution is -2.50. The van der Waals surface area contributed by atoms with Gasteiger partial charge in [-0.05, 0) is 50.5 Å². The SMILES string of the molecule is CC(C)(N)C(=O)NCC1CCN(c2ccc(F)cc2)C1. The normalized spacial score (nSPS) is 19.2. The smallest absolute Gasteiger partial charge is 0.239 e. The lowest BCUT2D eigenvalue weighted by Gasteiger charge is -2.21. The van der Waals surface area contributed by atoms with E-state index in [2.05, 4.69) is 10.2 Å². The lowest BCUT2D eigenvalue weighted by atomic mass is 10.1. The van der Waals surface area contributed by atoms with Gasteiger partial charge in [0.2, 0.25) is 5.91 Å². The van der Waals surface area contributed by atoms with Crippen molar-refractivity contribution in [2.75, 3.05) is 24.5 Å². The molecule has 4 nitrogen and oxygen atoms in total. The molecule has 1 atom stereocenters. The summed E-state index contributed by atoms with van der Waals surface area (Å²) >= 11 is 0. The van der Waals surface area contributed by atoms with Crippen molar-refractivity contribution in [2.24, 2.45) is 11.7 Å². The van der Waals surface area contributed by atoms with Crippen LogP contribution >= 0.6 is 0 Å². The fourth-order valence-electron chi connectivity index (χ4n) is 2.35. The molecule has 0 aliphatic carbocycles. The van der Waals surface area contributed by atoms with Crippen molar-refractivity contribution in [1.29, 1.82) is 0 Å². The van der Waals surface area contributed by atoms with E-state index in [1.165, 1.54) is 12.1 Å². The minimum Gasteiger partial charge on any atom is -0.371 e. The molecule has 1 aromatic rings. The van der Waals surface area contributed by atoms with Gasteiger partial charge < -0.3 is 16.0 Å². The highest BCUT2D eigenvalue weighted by atomic mass is 19.1. The third kappa shape index (κ3) is 3.70. The predicted molar refractivity (Wildman–Crippen MR) is 78.0 cm³/mol. The first-order valence-electron chi connectivity index (χ1n) is 6.94. The van der Waals surface area contributed by atoms with Gasteiger partial charge in [0.1, 0.15) is 5.82 Å². The first kappa shape index (κ1) is 14.8. The molecule has 1 aliphatic rings. The number of amides is 1. The van der Waals surface area contributed by atoms with Crippen molar-refractivity contribution in [3.8, 4) is 0 Å². The third-order valence-corrected chi connectivity index (χ3v) is 3.61.